The first-order chi connectivity index (χ1) is 25.4. The Bertz CT molecular complexity index is 1380. The fraction of sp³-hybridized carbons (Fsp3) is 0.938. The van der Waals surface area contributed by atoms with Crippen LogP contribution in [0.5, 0.6) is 0 Å². The molecule has 4 heterocycles. The Hall–Kier alpha value is -1.20. The zero-order valence-electron chi connectivity index (χ0n) is 32.1. The number of thioether (sulfide) groups is 1. The SMILES string of the molecule is CN[C@@H]1[C@H](O)[C@H](NC)[C@H]2O[C@@]3(O)C(=O)C[C@@H](C)O[C@H]3O[C@@H]2[C@H]1O.CS[C@H]1O[C@H]([C@H](NC(=O)[C@@H]2C[C@@H](C(C)C)CN2C)[C@@H](C)O)[C@H](O)[C@H](O)[C@H]1O.O=S(=O)(O)O. The molecule has 21 nitrogen and oxygen atoms in total. The summed E-state index contributed by atoms with van der Waals surface area (Å²) in [5, 5.41) is 80.8. The second-order valence-electron chi connectivity index (χ2n) is 15.0. The Labute approximate surface area is 325 Å². The van der Waals surface area contributed by atoms with Gasteiger partial charge in [-0.25, -0.2) is 0 Å². The number of Topliss-reactive ketones (excluding diaryl/α,β-unsaturated/α-hetero) is 1. The summed E-state index contributed by atoms with van der Waals surface area (Å²) >= 11 is 1.19. The molecule has 0 aromatic carbocycles. The first-order valence-corrected chi connectivity index (χ1v) is 20.7. The molecular formula is C32H60N4O17S2. The van der Waals surface area contributed by atoms with Crippen LogP contribution < -0.4 is 16.0 Å². The van der Waals surface area contributed by atoms with Crippen molar-refractivity contribution in [1.29, 1.82) is 0 Å². The molecule has 4 saturated heterocycles. The van der Waals surface area contributed by atoms with Gasteiger partial charge in [-0.05, 0) is 59.5 Å². The van der Waals surface area contributed by atoms with Crippen LogP contribution >= 0.6 is 11.8 Å². The molecular weight excluding hydrogens is 776 g/mol. The summed E-state index contributed by atoms with van der Waals surface area (Å²) in [4.78, 5) is 27.1. The Morgan fingerprint density at radius 3 is 2.00 bits per heavy atom. The van der Waals surface area contributed by atoms with Gasteiger partial charge in [0.15, 0.2) is 5.78 Å². The number of ketones is 1. The average molecular weight is 837 g/mol. The van der Waals surface area contributed by atoms with E-state index in [4.69, 9.17) is 36.5 Å². The van der Waals surface area contributed by atoms with Crippen LogP contribution in [0.3, 0.4) is 0 Å². The second-order valence-corrected chi connectivity index (χ2v) is 16.8. The molecule has 18 atom stereocenters. The van der Waals surface area contributed by atoms with Gasteiger partial charge in [0.25, 0.3) is 5.79 Å². The lowest BCUT2D eigenvalue weighted by Crippen LogP contribution is -2.77. The number of likely N-dealkylation sites (N-methyl/N-ethyl adjacent to an activating group) is 3. The van der Waals surface area contributed by atoms with Gasteiger partial charge in [0.2, 0.25) is 12.2 Å². The molecule has 0 aromatic heterocycles. The van der Waals surface area contributed by atoms with Crippen molar-refractivity contribution < 1.29 is 81.8 Å². The van der Waals surface area contributed by atoms with Gasteiger partial charge in [0, 0.05) is 13.0 Å². The van der Waals surface area contributed by atoms with Gasteiger partial charge in [-0.1, -0.05) is 13.8 Å². The van der Waals surface area contributed by atoms with Gasteiger partial charge >= 0.3 is 10.4 Å². The lowest BCUT2D eigenvalue weighted by atomic mass is 9.80. The van der Waals surface area contributed by atoms with Crippen LogP contribution in [-0.4, -0.2) is 207 Å². The molecule has 0 aromatic rings. The average Bonchev–Trinajstić information content (AvgIpc) is 3.48. The molecule has 12 N–H and O–H groups in total. The normalized spacial score (nSPS) is 43.2. The molecule has 1 saturated carbocycles. The zero-order chi connectivity index (χ0) is 41.9. The molecule has 5 rings (SSSR count). The molecule has 1 amide bonds. The molecule has 1 aliphatic carbocycles. The number of rotatable bonds is 8. The van der Waals surface area contributed by atoms with Crippen LogP contribution in [0, 0.1) is 11.8 Å². The summed E-state index contributed by atoms with van der Waals surface area (Å²) in [7, 11) is 0.475. The predicted octanol–water partition coefficient (Wildman–Crippen LogP) is -4.58. The first kappa shape index (κ1) is 48.2. The molecule has 23 heteroatoms. The summed E-state index contributed by atoms with van der Waals surface area (Å²) in [6.45, 7) is 8.30. The van der Waals surface area contributed by atoms with E-state index < -0.39 is 113 Å². The third kappa shape index (κ3) is 11.3. The molecule has 55 heavy (non-hydrogen) atoms. The number of fused-ring (bicyclic) bond motifs is 2. The van der Waals surface area contributed by atoms with Crippen molar-refractivity contribution in [2.24, 2.45) is 11.8 Å². The van der Waals surface area contributed by atoms with Crippen molar-refractivity contribution >= 4 is 33.9 Å². The molecule has 4 aliphatic heterocycles. The summed E-state index contributed by atoms with van der Waals surface area (Å²) in [6.07, 6.45) is -9.26. The number of likely N-dealkylation sites (tertiary alicyclic amines) is 1. The van der Waals surface area contributed by atoms with Crippen molar-refractivity contribution in [3.8, 4) is 0 Å². The van der Waals surface area contributed by atoms with Crippen LogP contribution in [0.1, 0.15) is 40.5 Å². The summed E-state index contributed by atoms with van der Waals surface area (Å²) in [6, 6.07) is -2.51. The number of nitrogens with one attached hydrogen (secondary N) is 3. The fourth-order valence-electron chi connectivity index (χ4n) is 7.62. The van der Waals surface area contributed by atoms with Gasteiger partial charge in [-0.2, -0.15) is 8.42 Å². The highest BCUT2D eigenvalue weighted by Gasteiger charge is 2.63. The first-order valence-electron chi connectivity index (χ1n) is 18.0. The van der Waals surface area contributed by atoms with Gasteiger partial charge in [-0.3, -0.25) is 23.6 Å². The van der Waals surface area contributed by atoms with E-state index in [1.807, 2.05) is 11.9 Å². The van der Waals surface area contributed by atoms with Crippen LogP contribution in [0.4, 0.5) is 0 Å². The Morgan fingerprint density at radius 2 is 1.51 bits per heavy atom. The quantitative estimate of drug-likeness (QED) is 0.102. The van der Waals surface area contributed by atoms with E-state index in [0.717, 1.165) is 13.0 Å². The van der Waals surface area contributed by atoms with Crippen molar-refractivity contribution in [2.45, 2.75) is 143 Å². The zero-order valence-corrected chi connectivity index (χ0v) is 33.7. The monoisotopic (exact) mass is 836 g/mol. The van der Waals surface area contributed by atoms with Crippen molar-refractivity contribution in [1.82, 2.24) is 20.9 Å². The van der Waals surface area contributed by atoms with E-state index in [1.165, 1.54) is 18.7 Å². The van der Waals surface area contributed by atoms with Crippen molar-refractivity contribution in [3.05, 3.63) is 0 Å². The molecule has 0 bridgehead atoms. The number of hydrogen-bond donors (Lipinski definition) is 12. The Morgan fingerprint density at radius 1 is 0.927 bits per heavy atom. The maximum Gasteiger partial charge on any atom is 0.394 e. The number of carbonyl (C=O) groups excluding carboxylic acids is 2. The number of aliphatic hydroxyl groups is 7. The fourth-order valence-corrected chi connectivity index (χ4v) is 8.29. The number of ether oxygens (including phenoxy) is 4. The number of amides is 1. The number of aliphatic hydroxyl groups excluding tert-OH is 6. The van der Waals surface area contributed by atoms with E-state index in [0.29, 0.717) is 11.8 Å². The number of hydrogen-bond acceptors (Lipinski definition) is 19. The third-order valence-electron chi connectivity index (χ3n) is 10.8. The lowest BCUT2D eigenvalue weighted by Gasteiger charge is -2.55. The van der Waals surface area contributed by atoms with Gasteiger partial charge in [-0.15, -0.1) is 11.8 Å². The van der Waals surface area contributed by atoms with Gasteiger partial charge in [0.1, 0.15) is 48.2 Å². The molecule has 322 valence electrons. The number of carbonyl (C=O) groups is 2. The maximum atomic E-state index is 12.9. The molecule has 0 unspecified atom stereocenters. The summed E-state index contributed by atoms with van der Waals surface area (Å²) in [5.74, 6) is -2.10. The van der Waals surface area contributed by atoms with Crippen molar-refractivity contribution in [2.75, 3.05) is 33.9 Å². The van der Waals surface area contributed by atoms with Crippen LogP contribution in [0.15, 0.2) is 0 Å². The third-order valence-corrected chi connectivity index (χ3v) is 11.6. The highest BCUT2D eigenvalue weighted by atomic mass is 32.3. The van der Waals surface area contributed by atoms with Gasteiger partial charge < -0.3 is 70.6 Å². The van der Waals surface area contributed by atoms with Crippen molar-refractivity contribution in [3.63, 3.8) is 0 Å². The van der Waals surface area contributed by atoms with Crippen LogP contribution in [-0.2, 0) is 38.9 Å². The van der Waals surface area contributed by atoms with Crippen LogP contribution in [0.25, 0.3) is 0 Å². The molecule has 5 aliphatic rings. The predicted molar refractivity (Wildman–Crippen MR) is 194 cm³/mol. The Balaban J connectivity index is 0.000000265. The minimum atomic E-state index is -4.67. The molecule has 0 radical (unpaired) electrons. The second kappa shape index (κ2) is 19.7. The van der Waals surface area contributed by atoms with E-state index in [-0.39, 0.29) is 18.4 Å². The summed E-state index contributed by atoms with van der Waals surface area (Å²) in [5.41, 5.74) is -0.758. The van der Waals surface area contributed by atoms with E-state index in [1.54, 1.807) is 27.3 Å². The number of nitrogens with zero attached hydrogens (tertiary/aromatic N) is 1. The van der Waals surface area contributed by atoms with E-state index in [9.17, 15) is 45.3 Å². The molecule has 5 fully saturated rings. The molecule has 0 spiro atoms. The van der Waals surface area contributed by atoms with Crippen LogP contribution in [0.2, 0.25) is 0 Å². The smallest absolute Gasteiger partial charge is 0.391 e. The highest BCUT2D eigenvalue weighted by molar-refractivity contribution is 7.99. The largest absolute Gasteiger partial charge is 0.394 e. The summed E-state index contributed by atoms with van der Waals surface area (Å²) < 4.78 is 54.1. The van der Waals surface area contributed by atoms with E-state index >= 15 is 0 Å². The van der Waals surface area contributed by atoms with E-state index in [2.05, 4.69) is 29.8 Å². The standard InChI is InChI=1S/C18H34N2O6S.C14H24N2O7.H2O4S/c1-8(2)10-6-11(20(4)7-10)17(25)19-12(9(3)21)16-14(23)13(22)15(24)18(26-16)27-5;1-5-4-6(17)14(20)13(21-5)22-12-10(19)7(15-2)9(18)8(16-3)11(12)23-14;1-5(2,3)4/h8-16,18,21-24H,6-7H2,1-5H3,(H,19,25);5,7-13,15-16,18-20H,4H2,1-3H3;(H2,1,2,3,4)/t9-,10-,11+,12-,13+,14-,15-,16-,18-;5-,7-,8+,9+,10+,11-,12-,13+,14+;/m11./s1. The minimum Gasteiger partial charge on any atom is -0.391 e. The highest BCUT2D eigenvalue weighted by Crippen LogP contribution is 2.40. The lowest BCUT2D eigenvalue weighted by molar-refractivity contribution is -0.420. The maximum absolute atomic E-state index is 12.9. The minimum absolute atomic E-state index is 0.00220. The van der Waals surface area contributed by atoms with Gasteiger partial charge in [0.05, 0.1) is 42.5 Å². The topological polar surface area (TPSA) is 327 Å². The Kier molecular flexibility index (Phi) is 17.3.